The molecule has 2 aromatic heterocycles. The van der Waals surface area contributed by atoms with Crippen molar-refractivity contribution in [2.45, 2.75) is 32.6 Å². The van der Waals surface area contributed by atoms with Crippen LogP contribution in [-0.4, -0.2) is 24.1 Å². The van der Waals surface area contributed by atoms with Crippen molar-refractivity contribution in [3.05, 3.63) is 33.5 Å². The zero-order chi connectivity index (χ0) is 15.7. The van der Waals surface area contributed by atoms with E-state index in [0.29, 0.717) is 16.3 Å². The van der Waals surface area contributed by atoms with E-state index in [2.05, 4.69) is 10.5 Å². The number of fused-ring (bicyclic) bond motifs is 1. The lowest BCUT2D eigenvalue weighted by Crippen LogP contribution is -2.14. The number of methoxy groups -OCH3 is 1. The van der Waals surface area contributed by atoms with Crippen LogP contribution in [0.3, 0.4) is 0 Å². The predicted octanol–water partition coefficient (Wildman–Crippen LogP) is 2.96. The number of aryl methyl sites for hydroxylation is 2. The molecule has 22 heavy (non-hydrogen) atoms. The topological polar surface area (TPSA) is 81.4 Å². The zero-order valence-corrected chi connectivity index (χ0v) is 13.2. The molecular weight excluding hydrogens is 304 g/mol. The molecule has 0 aromatic carbocycles. The first-order chi connectivity index (χ1) is 10.6. The molecule has 0 radical (unpaired) electrons. The number of hydrogen-bond donors (Lipinski definition) is 1. The molecule has 1 aliphatic rings. The molecule has 2 aromatic rings. The number of hydrogen-bond acceptors (Lipinski definition) is 6. The van der Waals surface area contributed by atoms with E-state index >= 15 is 0 Å². The predicted molar refractivity (Wildman–Crippen MR) is 81.5 cm³/mol. The Bertz CT molecular complexity index is 732. The summed E-state index contributed by atoms with van der Waals surface area (Å²) in [6.07, 6.45) is 3.92. The standard InChI is InChI=1S/C15H16N2O4S/c1-8-7-10(21-17-8)13(18)16-14-12(15(19)20-2)9-5-3-4-6-11(9)22-14/h7H,3-6H2,1-2H3,(H,16,18). The van der Waals surface area contributed by atoms with Gasteiger partial charge in [0, 0.05) is 10.9 Å². The molecule has 0 unspecified atom stereocenters. The molecule has 7 heteroatoms. The number of anilines is 1. The first-order valence-electron chi connectivity index (χ1n) is 7.07. The SMILES string of the molecule is COC(=O)c1c(NC(=O)c2cc(C)no2)sc2c1CCCC2. The Balaban J connectivity index is 1.94. The van der Waals surface area contributed by atoms with E-state index in [-0.39, 0.29) is 5.76 Å². The Morgan fingerprint density at radius 3 is 2.82 bits per heavy atom. The third kappa shape index (κ3) is 2.64. The Morgan fingerprint density at radius 2 is 2.14 bits per heavy atom. The van der Waals surface area contributed by atoms with Crippen LogP contribution in [0, 0.1) is 6.92 Å². The Kier molecular flexibility index (Phi) is 3.98. The normalized spacial score (nSPS) is 13.5. The number of esters is 1. The summed E-state index contributed by atoms with van der Waals surface area (Å²) in [5, 5.41) is 6.98. The summed E-state index contributed by atoms with van der Waals surface area (Å²) in [7, 11) is 1.35. The monoisotopic (exact) mass is 320 g/mol. The van der Waals surface area contributed by atoms with Gasteiger partial charge in [-0.25, -0.2) is 4.79 Å². The molecule has 0 spiro atoms. The van der Waals surface area contributed by atoms with E-state index in [1.807, 2.05) is 0 Å². The maximum atomic E-state index is 12.2. The van der Waals surface area contributed by atoms with Crippen LogP contribution in [0.4, 0.5) is 5.00 Å². The van der Waals surface area contributed by atoms with Gasteiger partial charge in [-0.1, -0.05) is 5.16 Å². The number of carbonyl (C=O) groups excluding carboxylic acids is 2. The highest BCUT2D eigenvalue weighted by atomic mass is 32.1. The van der Waals surface area contributed by atoms with Crippen molar-refractivity contribution in [1.29, 1.82) is 0 Å². The summed E-state index contributed by atoms with van der Waals surface area (Å²) in [5.74, 6) is -0.701. The fraction of sp³-hybridized carbons (Fsp3) is 0.400. The lowest BCUT2D eigenvalue weighted by Gasteiger charge is -2.11. The van der Waals surface area contributed by atoms with Crippen LogP contribution >= 0.6 is 11.3 Å². The number of rotatable bonds is 3. The molecule has 116 valence electrons. The van der Waals surface area contributed by atoms with Crippen molar-refractivity contribution in [3.8, 4) is 0 Å². The molecule has 1 aliphatic carbocycles. The van der Waals surface area contributed by atoms with Crippen molar-refractivity contribution >= 4 is 28.2 Å². The van der Waals surface area contributed by atoms with Crippen LogP contribution in [0.1, 0.15) is 49.9 Å². The van der Waals surface area contributed by atoms with Gasteiger partial charge < -0.3 is 14.6 Å². The summed E-state index contributed by atoms with van der Waals surface area (Å²) in [6.45, 7) is 1.74. The van der Waals surface area contributed by atoms with Crippen LogP contribution in [-0.2, 0) is 17.6 Å². The van der Waals surface area contributed by atoms with Gasteiger partial charge in [0.1, 0.15) is 5.00 Å². The molecule has 0 saturated heterocycles. The zero-order valence-electron chi connectivity index (χ0n) is 12.4. The second-order valence-corrected chi connectivity index (χ2v) is 6.30. The van der Waals surface area contributed by atoms with E-state index in [1.165, 1.54) is 18.4 Å². The minimum absolute atomic E-state index is 0.125. The van der Waals surface area contributed by atoms with Crippen molar-refractivity contribution in [2.24, 2.45) is 0 Å². The minimum atomic E-state index is -0.413. The summed E-state index contributed by atoms with van der Waals surface area (Å²) in [5.41, 5.74) is 2.11. The fourth-order valence-electron chi connectivity index (χ4n) is 2.61. The second kappa shape index (κ2) is 5.92. The lowest BCUT2D eigenvalue weighted by molar-refractivity contribution is 0.0601. The van der Waals surface area contributed by atoms with E-state index in [1.54, 1.807) is 13.0 Å². The number of amides is 1. The molecule has 0 fully saturated rings. The van der Waals surface area contributed by atoms with Gasteiger partial charge in [0.25, 0.3) is 5.91 Å². The third-order valence-corrected chi connectivity index (χ3v) is 4.85. The third-order valence-electron chi connectivity index (χ3n) is 3.64. The molecule has 0 aliphatic heterocycles. The van der Waals surface area contributed by atoms with Crippen LogP contribution < -0.4 is 5.32 Å². The van der Waals surface area contributed by atoms with Crippen LogP contribution in [0.25, 0.3) is 0 Å². The first-order valence-corrected chi connectivity index (χ1v) is 7.89. The summed E-state index contributed by atoms with van der Waals surface area (Å²) >= 11 is 1.44. The van der Waals surface area contributed by atoms with Gasteiger partial charge in [-0.15, -0.1) is 11.3 Å². The molecule has 3 rings (SSSR count). The van der Waals surface area contributed by atoms with Crippen LogP contribution in [0.2, 0.25) is 0 Å². The highest BCUT2D eigenvalue weighted by Crippen LogP contribution is 2.38. The number of nitrogens with zero attached hydrogens (tertiary/aromatic N) is 1. The molecule has 1 N–H and O–H groups in total. The molecule has 0 saturated carbocycles. The summed E-state index contributed by atoms with van der Waals surface area (Å²) in [6, 6.07) is 1.56. The second-order valence-electron chi connectivity index (χ2n) is 5.19. The van der Waals surface area contributed by atoms with Gasteiger partial charge >= 0.3 is 5.97 Å². The average molecular weight is 320 g/mol. The quantitative estimate of drug-likeness (QED) is 0.879. The van der Waals surface area contributed by atoms with Gasteiger partial charge in [0.05, 0.1) is 18.4 Å². The fourth-order valence-corrected chi connectivity index (χ4v) is 3.88. The van der Waals surface area contributed by atoms with Gasteiger partial charge in [0.2, 0.25) is 5.76 Å². The first kappa shape index (κ1) is 14.8. The number of aromatic nitrogens is 1. The molecular formula is C15H16N2O4S. The van der Waals surface area contributed by atoms with Crippen molar-refractivity contribution in [2.75, 3.05) is 12.4 Å². The van der Waals surface area contributed by atoms with E-state index in [4.69, 9.17) is 9.26 Å². The largest absolute Gasteiger partial charge is 0.465 e. The highest BCUT2D eigenvalue weighted by molar-refractivity contribution is 7.17. The van der Waals surface area contributed by atoms with Gasteiger partial charge in [-0.05, 0) is 38.2 Å². The van der Waals surface area contributed by atoms with Crippen LogP contribution in [0.15, 0.2) is 10.6 Å². The number of carbonyl (C=O) groups is 2. The smallest absolute Gasteiger partial charge is 0.341 e. The number of thiophene rings is 1. The van der Waals surface area contributed by atoms with Gasteiger partial charge in [0.15, 0.2) is 0 Å². The maximum Gasteiger partial charge on any atom is 0.341 e. The van der Waals surface area contributed by atoms with Gasteiger partial charge in [-0.3, -0.25) is 4.79 Å². The Hall–Kier alpha value is -2.15. The maximum absolute atomic E-state index is 12.2. The number of nitrogens with one attached hydrogen (secondary N) is 1. The minimum Gasteiger partial charge on any atom is -0.465 e. The lowest BCUT2D eigenvalue weighted by atomic mass is 9.95. The van der Waals surface area contributed by atoms with Crippen molar-refractivity contribution in [1.82, 2.24) is 5.16 Å². The molecule has 0 atom stereocenters. The number of ether oxygens (including phenoxy) is 1. The van der Waals surface area contributed by atoms with Crippen molar-refractivity contribution in [3.63, 3.8) is 0 Å². The molecule has 2 heterocycles. The molecule has 1 amide bonds. The Labute approximate surface area is 131 Å². The van der Waals surface area contributed by atoms with Crippen LogP contribution in [0.5, 0.6) is 0 Å². The summed E-state index contributed by atoms with van der Waals surface area (Å²) < 4.78 is 9.83. The molecule has 6 nitrogen and oxygen atoms in total. The van der Waals surface area contributed by atoms with E-state index < -0.39 is 11.9 Å². The molecule has 0 bridgehead atoms. The van der Waals surface area contributed by atoms with E-state index in [0.717, 1.165) is 36.1 Å². The summed E-state index contributed by atoms with van der Waals surface area (Å²) in [4.78, 5) is 25.4. The average Bonchev–Trinajstić information content (AvgIpc) is 3.09. The van der Waals surface area contributed by atoms with Crippen molar-refractivity contribution < 1.29 is 18.8 Å². The highest BCUT2D eigenvalue weighted by Gasteiger charge is 2.27. The van der Waals surface area contributed by atoms with E-state index in [9.17, 15) is 9.59 Å². The van der Waals surface area contributed by atoms with Gasteiger partial charge in [-0.2, -0.15) is 0 Å². The Morgan fingerprint density at radius 1 is 1.36 bits per heavy atom.